The average Bonchev–Trinajstić information content (AvgIpc) is 3.10. The predicted octanol–water partition coefficient (Wildman–Crippen LogP) is 3.87. The number of ether oxygens (including phenoxy) is 2. The Kier molecular flexibility index (Phi) is 5.96. The molecule has 5 nitrogen and oxygen atoms in total. The molecule has 0 radical (unpaired) electrons. The second-order valence-corrected chi connectivity index (χ2v) is 7.11. The van der Waals surface area contributed by atoms with E-state index >= 15 is 0 Å². The third-order valence-corrected chi connectivity index (χ3v) is 5.20. The summed E-state index contributed by atoms with van der Waals surface area (Å²) in [5, 5.41) is 0. The highest BCUT2D eigenvalue weighted by Crippen LogP contribution is 2.41. The summed E-state index contributed by atoms with van der Waals surface area (Å²) in [5.41, 5.74) is 7.84. The maximum absolute atomic E-state index is 12.3. The fourth-order valence-corrected chi connectivity index (χ4v) is 3.76. The number of hydrogen-bond donors (Lipinski definition) is 1. The van der Waals surface area contributed by atoms with E-state index in [-0.39, 0.29) is 12.0 Å². The molecule has 0 aliphatic carbocycles. The molecule has 0 bridgehead atoms. The molecule has 2 saturated heterocycles. The number of unbranched alkanes of at least 4 members (excludes halogenated alkanes) is 5. The number of rotatable bonds is 8. The number of hydrogen-bond acceptors (Lipinski definition) is 5. The van der Waals surface area contributed by atoms with Crippen molar-refractivity contribution in [1.29, 1.82) is 0 Å². The van der Waals surface area contributed by atoms with Gasteiger partial charge in [-0.15, -0.1) is 0 Å². The number of fused-ring (bicyclic) bond motifs is 1. The number of nitrogens with two attached hydrogens (primary N) is 1. The van der Waals surface area contributed by atoms with Gasteiger partial charge >= 0.3 is 11.9 Å². The monoisotopic (exact) mass is 357 g/mol. The second-order valence-electron chi connectivity index (χ2n) is 7.11. The number of nitrogen functional groups attached to an aromatic ring is 1. The summed E-state index contributed by atoms with van der Waals surface area (Å²) in [6.45, 7) is 2.20. The predicted molar refractivity (Wildman–Crippen MR) is 100 cm³/mol. The molecule has 0 saturated carbocycles. The molecule has 1 aromatic rings. The third kappa shape index (κ3) is 3.92. The van der Waals surface area contributed by atoms with Crippen LogP contribution in [0.25, 0.3) is 6.08 Å². The molecule has 2 aliphatic heterocycles. The lowest BCUT2D eigenvalue weighted by Gasteiger charge is -2.15. The van der Waals surface area contributed by atoms with Crippen LogP contribution in [-0.4, -0.2) is 24.1 Å². The van der Waals surface area contributed by atoms with Gasteiger partial charge in [0.25, 0.3) is 0 Å². The molecule has 0 aromatic heterocycles. The summed E-state index contributed by atoms with van der Waals surface area (Å²) in [4.78, 5) is 24.4. The molecular formula is C21H27NO4. The normalized spacial score (nSPS) is 26.0. The van der Waals surface area contributed by atoms with Gasteiger partial charge in [0.1, 0.15) is 6.10 Å². The van der Waals surface area contributed by atoms with E-state index in [9.17, 15) is 9.59 Å². The number of cyclic esters (lactones) is 1. The van der Waals surface area contributed by atoms with E-state index in [1.807, 2.05) is 18.2 Å². The van der Waals surface area contributed by atoms with Crippen molar-refractivity contribution in [3.8, 4) is 0 Å². The third-order valence-electron chi connectivity index (χ3n) is 5.20. The van der Waals surface area contributed by atoms with E-state index in [1.165, 1.54) is 25.7 Å². The molecule has 2 fully saturated rings. The number of carbonyl (C=O) groups excluding carboxylic acids is 2. The molecule has 5 heteroatoms. The molecule has 0 spiro atoms. The Labute approximate surface area is 154 Å². The zero-order valence-electron chi connectivity index (χ0n) is 15.3. The van der Waals surface area contributed by atoms with Gasteiger partial charge in [-0.2, -0.15) is 0 Å². The van der Waals surface area contributed by atoms with Crippen molar-refractivity contribution in [2.75, 3.05) is 5.73 Å². The molecule has 140 valence electrons. The van der Waals surface area contributed by atoms with Crippen molar-refractivity contribution in [2.45, 2.75) is 64.1 Å². The maximum Gasteiger partial charge on any atom is 0.348 e. The lowest BCUT2D eigenvalue weighted by atomic mass is 9.88. The highest BCUT2D eigenvalue weighted by Gasteiger charge is 2.55. The van der Waals surface area contributed by atoms with Crippen LogP contribution in [0.5, 0.6) is 0 Å². The van der Waals surface area contributed by atoms with Crippen LogP contribution >= 0.6 is 0 Å². The summed E-state index contributed by atoms with van der Waals surface area (Å²) in [6, 6.07) is 7.35. The van der Waals surface area contributed by atoms with Crippen LogP contribution in [0.15, 0.2) is 29.8 Å². The molecule has 2 heterocycles. The van der Waals surface area contributed by atoms with Crippen LogP contribution in [-0.2, 0) is 19.1 Å². The van der Waals surface area contributed by atoms with E-state index in [0.29, 0.717) is 11.3 Å². The Bertz CT molecular complexity index is 697. The fourth-order valence-electron chi connectivity index (χ4n) is 3.76. The molecule has 2 N–H and O–H groups in total. The van der Waals surface area contributed by atoms with Crippen LogP contribution in [0.1, 0.15) is 57.4 Å². The van der Waals surface area contributed by atoms with Gasteiger partial charge in [-0.25, -0.2) is 9.59 Å². The summed E-state index contributed by atoms with van der Waals surface area (Å²) < 4.78 is 10.8. The zero-order chi connectivity index (χ0) is 18.5. The highest BCUT2D eigenvalue weighted by atomic mass is 16.6. The standard InChI is InChI=1S/C21H27NO4/c1-2-3-4-5-6-7-12-17-18-15(13-14-10-8-9-11-16(14)22)20(23)26-19(18)21(24)25-17/h8-11,13,17-19H,2-7,12,22H2,1H3/b15-13-/t17-,18-,19-/m1/s1. The first-order valence-corrected chi connectivity index (χ1v) is 9.59. The number of carbonyl (C=O) groups is 2. The largest absolute Gasteiger partial charge is 0.459 e. The zero-order valence-corrected chi connectivity index (χ0v) is 15.3. The van der Waals surface area contributed by atoms with Gasteiger partial charge in [0.05, 0.1) is 5.92 Å². The Morgan fingerprint density at radius 3 is 2.54 bits per heavy atom. The highest BCUT2D eigenvalue weighted by molar-refractivity contribution is 6.01. The number of esters is 2. The summed E-state index contributed by atoms with van der Waals surface area (Å²) in [5.74, 6) is -1.19. The van der Waals surface area contributed by atoms with E-state index < -0.39 is 18.0 Å². The van der Waals surface area contributed by atoms with Crippen molar-refractivity contribution >= 4 is 23.7 Å². The van der Waals surface area contributed by atoms with Crippen LogP contribution in [0.2, 0.25) is 0 Å². The number of benzene rings is 1. The van der Waals surface area contributed by atoms with Crippen LogP contribution < -0.4 is 5.73 Å². The van der Waals surface area contributed by atoms with Crippen molar-refractivity contribution in [2.24, 2.45) is 5.92 Å². The van der Waals surface area contributed by atoms with Crippen molar-refractivity contribution < 1.29 is 19.1 Å². The summed E-state index contributed by atoms with van der Waals surface area (Å²) in [7, 11) is 0. The van der Waals surface area contributed by atoms with Crippen molar-refractivity contribution in [1.82, 2.24) is 0 Å². The summed E-state index contributed by atoms with van der Waals surface area (Å²) >= 11 is 0. The fraction of sp³-hybridized carbons (Fsp3) is 0.524. The first-order chi connectivity index (χ1) is 12.6. The lowest BCUT2D eigenvalue weighted by Crippen LogP contribution is -2.22. The van der Waals surface area contributed by atoms with Gasteiger partial charge in [-0.3, -0.25) is 0 Å². The Hall–Kier alpha value is -2.30. The number of anilines is 1. The molecule has 0 unspecified atom stereocenters. The molecule has 3 atom stereocenters. The van der Waals surface area contributed by atoms with Gasteiger partial charge in [-0.1, -0.05) is 57.2 Å². The quantitative estimate of drug-likeness (QED) is 0.331. The molecular weight excluding hydrogens is 330 g/mol. The Morgan fingerprint density at radius 1 is 1.04 bits per heavy atom. The Morgan fingerprint density at radius 2 is 1.77 bits per heavy atom. The topological polar surface area (TPSA) is 78.6 Å². The minimum atomic E-state index is -0.802. The van der Waals surface area contributed by atoms with Crippen molar-refractivity contribution in [3.63, 3.8) is 0 Å². The minimum absolute atomic E-state index is 0.290. The smallest absolute Gasteiger partial charge is 0.348 e. The second kappa shape index (κ2) is 8.39. The first kappa shape index (κ1) is 18.5. The van der Waals surface area contributed by atoms with E-state index in [4.69, 9.17) is 15.2 Å². The molecule has 2 aliphatic rings. The molecule has 3 rings (SSSR count). The van der Waals surface area contributed by atoms with E-state index in [0.717, 1.165) is 24.8 Å². The molecule has 1 aromatic carbocycles. The maximum atomic E-state index is 12.3. The van der Waals surface area contributed by atoms with Gasteiger partial charge in [0.15, 0.2) is 0 Å². The van der Waals surface area contributed by atoms with E-state index in [1.54, 1.807) is 12.1 Å². The van der Waals surface area contributed by atoms with E-state index in [2.05, 4.69) is 6.92 Å². The van der Waals surface area contributed by atoms with Crippen LogP contribution in [0.3, 0.4) is 0 Å². The minimum Gasteiger partial charge on any atom is -0.459 e. The van der Waals surface area contributed by atoms with Crippen LogP contribution in [0.4, 0.5) is 5.69 Å². The van der Waals surface area contributed by atoms with Gasteiger partial charge < -0.3 is 15.2 Å². The van der Waals surface area contributed by atoms with Crippen molar-refractivity contribution in [3.05, 3.63) is 35.4 Å². The molecule has 26 heavy (non-hydrogen) atoms. The van der Waals surface area contributed by atoms with Gasteiger partial charge in [0.2, 0.25) is 6.10 Å². The van der Waals surface area contributed by atoms with Crippen LogP contribution in [0, 0.1) is 5.92 Å². The van der Waals surface area contributed by atoms with Gasteiger partial charge in [0, 0.05) is 11.3 Å². The SMILES string of the molecule is CCCCCCCC[C@H]1OC(=O)[C@@H]2OC(=O)/C(=C\c3ccccc3N)[C@H]12. The molecule has 0 amide bonds. The Balaban J connectivity index is 1.70. The lowest BCUT2D eigenvalue weighted by molar-refractivity contribution is -0.156. The van der Waals surface area contributed by atoms with Gasteiger partial charge in [-0.05, 0) is 30.5 Å². The first-order valence-electron chi connectivity index (χ1n) is 9.59. The number of para-hydroxylation sites is 1. The average molecular weight is 357 g/mol. The summed E-state index contributed by atoms with van der Waals surface area (Å²) in [6.07, 6.45) is 8.44.